The second kappa shape index (κ2) is 16.4. The Morgan fingerprint density at radius 1 is 1.25 bits per heavy atom. The van der Waals surface area contributed by atoms with Crippen molar-refractivity contribution in [2.24, 2.45) is 0 Å². The molecule has 0 aliphatic carbocycles. The second-order valence-electron chi connectivity index (χ2n) is 2.28. The van der Waals surface area contributed by atoms with Gasteiger partial charge in [0.15, 0.2) is 0 Å². The molecule has 0 bridgehead atoms. The quantitative estimate of drug-likeness (QED) is 0.473. The van der Waals surface area contributed by atoms with Gasteiger partial charge in [-0.25, -0.2) is 0 Å². The van der Waals surface area contributed by atoms with Crippen LogP contribution in [-0.2, 0) is 0 Å². The lowest BCUT2D eigenvalue weighted by molar-refractivity contribution is 0.730. The summed E-state index contributed by atoms with van der Waals surface area (Å²) in [4.78, 5) is 0. The Bertz CT molecular complexity index is 148. The van der Waals surface area contributed by atoms with Crippen molar-refractivity contribution in [3.8, 4) is 12.1 Å². The van der Waals surface area contributed by atoms with Gasteiger partial charge in [-0.3, -0.25) is 0 Å². The van der Waals surface area contributed by atoms with Crippen molar-refractivity contribution in [2.75, 3.05) is 0 Å². The molecule has 0 rings (SSSR count). The fourth-order valence-electron chi connectivity index (χ4n) is 0.574. The molecule has 0 aliphatic heterocycles. The van der Waals surface area contributed by atoms with Crippen LogP contribution in [0.3, 0.4) is 0 Å². The molecule has 0 amide bonds. The maximum absolute atomic E-state index is 7.59. The van der Waals surface area contributed by atoms with Crippen LogP contribution in [0.2, 0.25) is 0 Å². The average molecular weight is 164 g/mol. The molecule has 0 aromatic rings. The van der Waals surface area contributed by atoms with Crippen LogP contribution in [0.4, 0.5) is 0 Å². The second-order valence-corrected chi connectivity index (χ2v) is 2.28. The van der Waals surface area contributed by atoms with Gasteiger partial charge in [-0.05, 0) is 12.8 Å². The molecule has 0 aliphatic rings. The molecule has 0 saturated carbocycles. The van der Waals surface area contributed by atoms with Gasteiger partial charge >= 0.3 is 0 Å². The molecule has 0 aromatic heterocycles. The molecule has 0 atom stereocenters. The molecule has 2 heteroatoms. The summed E-state index contributed by atoms with van der Waals surface area (Å²) in [5.74, 6) is 0. The lowest BCUT2D eigenvalue weighted by atomic mass is 10.2. The Kier molecular flexibility index (Phi) is 18.2. The molecule has 2 nitrogen and oxygen atoms in total. The molecule has 0 aromatic carbocycles. The van der Waals surface area contributed by atoms with E-state index in [0.717, 1.165) is 0 Å². The molecular formula is C10H16N2. The maximum atomic E-state index is 7.59. The Balaban J connectivity index is 0. The Hall–Kier alpha value is -1.28. The summed E-state index contributed by atoms with van der Waals surface area (Å²) in [5.41, 5.74) is 0. The van der Waals surface area contributed by atoms with Crippen LogP contribution in [-0.4, -0.2) is 0 Å². The molecule has 0 radical (unpaired) electrons. The molecular weight excluding hydrogens is 148 g/mol. The molecule has 0 saturated heterocycles. The minimum atomic E-state index is 0. The van der Waals surface area contributed by atoms with E-state index in [1.807, 2.05) is 6.08 Å². The normalized spacial score (nSPS) is 6.92. The fraction of sp³-hybridized carbons (Fsp3) is 0.600. The largest absolute Gasteiger partial charge is 0.197 e. The Morgan fingerprint density at radius 2 is 1.83 bits per heavy atom. The van der Waals surface area contributed by atoms with Crippen LogP contribution < -0.4 is 0 Å². The van der Waals surface area contributed by atoms with Crippen molar-refractivity contribution in [1.82, 2.24) is 0 Å². The van der Waals surface area contributed by atoms with E-state index in [1.165, 1.54) is 25.7 Å². The van der Waals surface area contributed by atoms with Crippen LogP contribution in [0.25, 0.3) is 0 Å². The topological polar surface area (TPSA) is 47.6 Å². The van der Waals surface area contributed by atoms with Crippen molar-refractivity contribution in [1.29, 1.82) is 10.5 Å². The van der Waals surface area contributed by atoms with Crippen molar-refractivity contribution >= 4 is 0 Å². The third kappa shape index (κ3) is 23.3. The number of hydrogen-bond acceptors (Lipinski definition) is 2. The van der Waals surface area contributed by atoms with Crippen molar-refractivity contribution < 1.29 is 0 Å². The van der Waals surface area contributed by atoms with E-state index in [-0.39, 0.29) is 6.42 Å². The zero-order valence-corrected chi connectivity index (χ0v) is 7.71. The first kappa shape index (κ1) is 13.3. The van der Waals surface area contributed by atoms with Crippen LogP contribution in [0.5, 0.6) is 0 Å². The van der Waals surface area contributed by atoms with E-state index in [4.69, 9.17) is 10.5 Å². The van der Waals surface area contributed by atoms with E-state index in [0.29, 0.717) is 0 Å². The summed E-state index contributed by atoms with van der Waals surface area (Å²) >= 11 is 0. The van der Waals surface area contributed by atoms with Gasteiger partial charge in [0.1, 0.15) is 6.42 Å². The number of allylic oxidation sites excluding steroid dienone is 1. The summed E-state index contributed by atoms with van der Waals surface area (Å²) in [6.45, 7) is 5.84. The van der Waals surface area contributed by atoms with Gasteiger partial charge in [0.05, 0.1) is 12.1 Å². The molecule has 66 valence electrons. The SMILES string of the molecule is C=CCCCCC.N#CCC#N. The molecule has 0 fully saturated rings. The van der Waals surface area contributed by atoms with Gasteiger partial charge in [0.25, 0.3) is 0 Å². The minimum absolute atomic E-state index is 0. The summed E-state index contributed by atoms with van der Waals surface area (Å²) in [6.07, 6.45) is 7.16. The molecule has 0 unspecified atom stereocenters. The van der Waals surface area contributed by atoms with E-state index in [1.54, 1.807) is 12.1 Å². The van der Waals surface area contributed by atoms with Gasteiger partial charge in [0, 0.05) is 0 Å². The Morgan fingerprint density at radius 3 is 2.08 bits per heavy atom. The van der Waals surface area contributed by atoms with E-state index >= 15 is 0 Å². The molecule has 0 heterocycles. The van der Waals surface area contributed by atoms with Crippen LogP contribution in [0.15, 0.2) is 12.7 Å². The molecule has 0 spiro atoms. The minimum Gasteiger partial charge on any atom is -0.197 e. The van der Waals surface area contributed by atoms with Gasteiger partial charge in [-0.2, -0.15) is 10.5 Å². The monoisotopic (exact) mass is 164 g/mol. The van der Waals surface area contributed by atoms with Crippen molar-refractivity contribution in [3.63, 3.8) is 0 Å². The Labute approximate surface area is 75.1 Å². The van der Waals surface area contributed by atoms with Crippen LogP contribution >= 0.6 is 0 Å². The van der Waals surface area contributed by atoms with Gasteiger partial charge < -0.3 is 0 Å². The van der Waals surface area contributed by atoms with Gasteiger partial charge in [0.2, 0.25) is 0 Å². The summed E-state index contributed by atoms with van der Waals surface area (Å²) < 4.78 is 0. The fourth-order valence-corrected chi connectivity index (χ4v) is 0.574. The van der Waals surface area contributed by atoms with Gasteiger partial charge in [-0.1, -0.05) is 25.8 Å². The third-order valence-corrected chi connectivity index (χ3v) is 1.17. The first-order valence-corrected chi connectivity index (χ1v) is 4.18. The highest BCUT2D eigenvalue weighted by Gasteiger charge is 1.77. The molecule has 12 heavy (non-hydrogen) atoms. The summed E-state index contributed by atoms with van der Waals surface area (Å²) in [6, 6.07) is 3.31. The number of unbranched alkanes of at least 4 members (excludes halogenated alkanes) is 3. The number of hydrogen-bond donors (Lipinski definition) is 0. The van der Waals surface area contributed by atoms with E-state index < -0.39 is 0 Å². The zero-order valence-electron chi connectivity index (χ0n) is 7.71. The number of nitriles is 2. The summed E-state index contributed by atoms with van der Waals surface area (Å²) in [7, 11) is 0. The predicted octanol–water partition coefficient (Wildman–Crippen LogP) is 3.18. The lowest BCUT2D eigenvalue weighted by Crippen LogP contribution is -1.67. The number of rotatable bonds is 4. The van der Waals surface area contributed by atoms with Crippen LogP contribution in [0.1, 0.15) is 39.0 Å². The standard InChI is InChI=1S/C7H14.C3H2N2/c1-3-5-7-6-4-2;4-2-1-3-5/h3H,1,4-7H2,2H3;1H2. The van der Waals surface area contributed by atoms with Crippen molar-refractivity contribution in [2.45, 2.75) is 39.0 Å². The lowest BCUT2D eigenvalue weighted by Gasteiger charge is -1.87. The highest BCUT2D eigenvalue weighted by atomic mass is 14.3. The van der Waals surface area contributed by atoms with E-state index in [9.17, 15) is 0 Å². The number of nitrogens with zero attached hydrogens (tertiary/aromatic N) is 2. The zero-order chi connectivity index (χ0) is 9.66. The van der Waals surface area contributed by atoms with Gasteiger partial charge in [-0.15, -0.1) is 6.58 Å². The molecule has 0 N–H and O–H groups in total. The summed E-state index contributed by atoms with van der Waals surface area (Å²) in [5, 5.41) is 15.2. The maximum Gasteiger partial charge on any atom is 0.122 e. The first-order chi connectivity index (χ1) is 5.83. The van der Waals surface area contributed by atoms with E-state index in [2.05, 4.69) is 13.5 Å². The highest BCUT2D eigenvalue weighted by molar-refractivity contribution is 4.85. The average Bonchev–Trinajstić information content (AvgIpc) is 2.08. The smallest absolute Gasteiger partial charge is 0.122 e. The third-order valence-electron chi connectivity index (χ3n) is 1.17. The highest BCUT2D eigenvalue weighted by Crippen LogP contribution is 1.97. The first-order valence-electron chi connectivity index (χ1n) is 4.18. The van der Waals surface area contributed by atoms with Crippen molar-refractivity contribution in [3.05, 3.63) is 12.7 Å². The predicted molar refractivity (Wildman–Crippen MR) is 50.2 cm³/mol. The van der Waals surface area contributed by atoms with Crippen LogP contribution in [0, 0.1) is 22.7 Å².